The molecule has 100 valence electrons. The van der Waals surface area contributed by atoms with Crippen LogP contribution in [0.3, 0.4) is 0 Å². The van der Waals surface area contributed by atoms with Crippen molar-refractivity contribution in [3.63, 3.8) is 0 Å². The van der Waals surface area contributed by atoms with Crippen LogP contribution in [0.4, 0.5) is 8.78 Å². The Hall–Kier alpha value is -1.94. The van der Waals surface area contributed by atoms with Crippen LogP contribution in [0.1, 0.15) is 24.1 Å². The first-order chi connectivity index (χ1) is 9.06. The number of halogens is 2. The minimum Gasteiger partial charge on any atom is -0.488 e. The maximum absolute atomic E-state index is 13.2. The van der Waals surface area contributed by atoms with Gasteiger partial charge in [-0.1, -0.05) is 18.2 Å². The highest BCUT2D eigenvalue weighted by Gasteiger charge is 2.09. The molecule has 0 fully saturated rings. The van der Waals surface area contributed by atoms with Crippen LogP contribution in [0.2, 0.25) is 0 Å². The third-order valence-electron chi connectivity index (χ3n) is 2.75. The molecule has 2 aromatic rings. The average Bonchev–Trinajstić information content (AvgIpc) is 2.36. The minimum absolute atomic E-state index is 0.168. The maximum atomic E-state index is 13.2. The van der Waals surface area contributed by atoms with Crippen LogP contribution in [0, 0.1) is 11.6 Å². The molecule has 2 rings (SSSR count). The first-order valence-corrected chi connectivity index (χ1v) is 5.98. The van der Waals surface area contributed by atoms with E-state index in [1.807, 2.05) is 0 Å². The Balaban J connectivity index is 2.17. The van der Waals surface area contributed by atoms with Crippen LogP contribution in [0.5, 0.6) is 5.75 Å². The van der Waals surface area contributed by atoms with E-state index < -0.39 is 5.82 Å². The lowest BCUT2D eigenvalue weighted by atomic mass is 10.1. The van der Waals surface area contributed by atoms with Gasteiger partial charge in [0.25, 0.3) is 0 Å². The molecule has 0 saturated heterocycles. The smallest absolute Gasteiger partial charge is 0.127 e. The summed E-state index contributed by atoms with van der Waals surface area (Å²) < 4.78 is 31.8. The van der Waals surface area contributed by atoms with Gasteiger partial charge in [-0.25, -0.2) is 8.78 Å². The van der Waals surface area contributed by atoms with Gasteiger partial charge in [-0.2, -0.15) is 0 Å². The van der Waals surface area contributed by atoms with Crippen LogP contribution in [0.15, 0.2) is 42.5 Å². The summed E-state index contributed by atoms with van der Waals surface area (Å²) in [6.07, 6.45) is 0. The Morgan fingerprint density at radius 2 is 1.84 bits per heavy atom. The molecule has 0 aliphatic rings. The molecule has 19 heavy (non-hydrogen) atoms. The van der Waals surface area contributed by atoms with Gasteiger partial charge in [0.15, 0.2) is 0 Å². The zero-order valence-electron chi connectivity index (χ0n) is 10.6. The molecular weight excluding hydrogens is 248 g/mol. The summed E-state index contributed by atoms with van der Waals surface area (Å²) in [6.45, 7) is 1.96. The van der Waals surface area contributed by atoms with E-state index in [0.29, 0.717) is 11.3 Å². The first kappa shape index (κ1) is 13.5. The number of ether oxygens (including phenoxy) is 1. The molecule has 1 atom stereocenters. The molecule has 2 N–H and O–H groups in total. The molecule has 4 heteroatoms. The zero-order chi connectivity index (χ0) is 13.8. The molecule has 0 spiro atoms. The van der Waals surface area contributed by atoms with Crippen molar-refractivity contribution in [1.82, 2.24) is 0 Å². The molecular formula is C15H15F2NO. The molecule has 0 heterocycles. The normalized spacial score (nSPS) is 12.2. The second kappa shape index (κ2) is 5.80. The Bertz CT molecular complexity index is 570. The van der Waals surface area contributed by atoms with Crippen molar-refractivity contribution in [3.8, 4) is 5.75 Å². The van der Waals surface area contributed by atoms with E-state index >= 15 is 0 Å². The summed E-state index contributed by atoms with van der Waals surface area (Å²) in [5.41, 5.74) is 7.20. The lowest BCUT2D eigenvalue weighted by Crippen LogP contribution is -2.08. The SMILES string of the molecule is CC(N)c1ccc(F)cc1OCc1cccc(F)c1. The second-order valence-corrected chi connectivity index (χ2v) is 4.39. The van der Waals surface area contributed by atoms with Crippen molar-refractivity contribution in [1.29, 1.82) is 0 Å². The summed E-state index contributed by atoms with van der Waals surface area (Å²) in [4.78, 5) is 0. The van der Waals surface area contributed by atoms with Gasteiger partial charge in [-0.15, -0.1) is 0 Å². The molecule has 2 nitrogen and oxygen atoms in total. The van der Waals surface area contributed by atoms with Crippen molar-refractivity contribution in [2.24, 2.45) is 5.73 Å². The fraction of sp³-hybridized carbons (Fsp3) is 0.200. The molecule has 0 aliphatic carbocycles. The summed E-state index contributed by atoms with van der Waals surface area (Å²) in [5.74, 6) is -0.328. The van der Waals surface area contributed by atoms with Gasteiger partial charge >= 0.3 is 0 Å². The lowest BCUT2D eigenvalue weighted by molar-refractivity contribution is 0.299. The van der Waals surface area contributed by atoms with Crippen molar-refractivity contribution in [3.05, 3.63) is 65.2 Å². The van der Waals surface area contributed by atoms with E-state index in [4.69, 9.17) is 10.5 Å². The molecule has 1 unspecified atom stereocenters. The van der Waals surface area contributed by atoms with Gasteiger partial charge in [0.2, 0.25) is 0 Å². The summed E-state index contributed by atoms with van der Waals surface area (Å²) in [7, 11) is 0. The van der Waals surface area contributed by atoms with E-state index in [1.54, 1.807) is 25.1 Å². The molecule has 0 radical (unpaired) electrons. The average molecular weight is 263 g/mol. The number of hydrogen-bond acceptors (Lipinski definition) is 2. The summed E-state index contributed by atoms with van der Waals surface area (Å²) in [6, 6.07) is 10.1. The fourth-order valence-electron chi connectivity index (χ4n) is 1.80. The lowest BCUT2D eigenvalue weighted by Gasteiger charge is -2.14. The Kier molecular flexibility index (Phi) is 4.12. The zero-order valence-corrected chi connectivity index (χ0v) is 10.6. The van der Waals surface area contributed by atoms with Crippen LogP contribution in [0.25, 0.3) is 0 Å². The van der Waals surface area contributed by atoms with E-state index in [1.165, 1.54) is 24.3 Å². The van der Waals surface area contributed by atoms with E-state index in [-0.39, 0.29) is 18.5 Å². The van der Waals surface area contributed by atoms with Crippen molar-refractivity contribution >= 4 is 0 Å². The van der Waals surface area contributed by atoms with Gasteiger partial charge < -0.3 is 10.5 Å². The standard InChI is InChI=1S/C15H15F2NO/c1-10(18)14-6-5-13(17)8-15(14)19-9-11-3-2-4-12(16)7-11/h2-8,10H,9,18H2,1H3. The maximum Gasteiger partial charge on any atom is 0.127 e. The van der Waals surface area contributed by atoms with Gasteiger partial charge in [0, 0.05) is 17.7 Å². The molecule has 0 bridgehead atoms. The number of hydrogen-bond donors (Lipinski definition) is 1. The largest absolute Gasteiger partial charge is 0.488 e. The Morgan fingerprint density at radius 3 is 2.53 bits per heavy atom. The summed E-state index contributed by atoms with van der Waals surface area (Å²) in [5, 5.41) is 0. The third-order valence-corrected chi connectivity index (χ3v) is 2.75. The van der Waals surface area contributed by atoms with E-state index in [9.17, 15) is 8.78 Å². The number of benzene rings is 2. The highest BCUT2D eigenvalue weighted by atomic mass is 19.1. The highest BCUT2D eigenvalue weighted by molar-refractivity contribution is 5.36. The van der Waals surface area contributed by atoms with Crippen molar-refractivity contribution in [2.45, 2.75) is 19.6 Å². The van der Waals surface area contributed by atoms with Gasteiger partial charge in [0.1, 0.15) is 24.0 Å². The molecule has 0 saturated carbocycles. The summed E-state index contributed by atoms with van der Waals surface area (Å²) >= 11 is 0. The highest BCUT2D eigenvalue weighted by Crippen LogP contribution is 2.25. The first-order valence-electron chi connectivity index (χ1n) is 5.98. The molecule has 0 amide bonds. The monoisotopic (exact) mass is 263 g/mol. The third kappa shape index (κ3) is 3.51. The van der Waals surface area contributed by atoms with Crippen LogP contribution in [-0.2, 0) is 6.61 Å². The quantitative estimate of drug-likeness (QED) is 0.915. The minimum atomic E-state index is -0.390. The predicted octanol–water partition coefficient (Wildman–Crippen LogP) is 3.56. The topological polar surface area (TPSA) is 35.2 Å². The van der Waals surface area contributed by atoms with Crippen LogP contribution in [-0.4, -0.2) is 0 Å². The van der Waals surface area contributed by atoms with Crippen LogP contribution < -0.4 is 10.5 Å². The number of rotatable bonds is 4. The van der Waals surface area contributed by atoms with E-state index in [0.717, 1.165) is 5.56 Å². The van der Waals surface area contributed by atoms with Crippen LogP contribution >= 0.6 is 0 Å². The fourth-order valence-corrected chi connectivity index (χ4v) is 1.80. The number of nitrogens with two attached hydrogens (primary N) is 1. The Morgan fingerprint density at radius 1 is 1.11 bits per heavy atom. The van der Waals surface area contributed by atoms with Crippen molar-refractivity contribution < 1.29 is 13.5 Å². The van der Waals surface area contributed by atoms with E-state index in [2.05, 4.69) is 0 Å². The molecule has 0 aliphatic heterocycles. The molecule has 0 aromatic heterocycles. The Labute approximate surface area is 110 Å². The van der Waals surface area contributed by atoms with Gasteiger partial charge in [-0.05, 0) is 30.7 Å². The van der Waals surface area contributed by atoms with Gasteiger partial charge in [-0.3, -0.25) is 0 Å². The van der Waals surface area contributed by atoms with Crippen molar-refractivity contribution in [2.75, 3.05) is 0 Å². The molecule has 2 aromatic carbocycles. The van der Waals surface area contributed by atoms with Gasteiger partial charge in [0.05, 0.1) is 0 Å². The predicted molar refractivity (Wildman–Crippen MR) is 69.7 cm³/mol. The second-order valence-electron chi connectivity index (χ2n) is 4.39.